The van der Waals surface area contributed by atoms with Gasteiger partial charge in [-0.3, -0.25) is 0 Å². The highest BCUT2D eigenvalue weighted by atomic mass is 16.5. The molecule has 1 rings (SSSR count). The lowest BCUT2D eigenvalue weighted by Crippen LogP contribution is -2.37. The first-order chi connectivity index (χ1) is 5.59. The minimum Gasteiger partial charge on any atom is -0.461 e. The number of rotatable bonds is 2. The molecule has 0 spiro atoms. The van der Waals surface area contributed by atoms with Crippen molar-refractivity contribution in [3.05, 3.63) is 0 Å². The van der Waals surface area contributed by atoms with Crippen LogP contribution in [0.1, 0.15) is 13.8 Å². The predicted octanol–water partition coefficient (Wildman–Crippen LogP) is -0.381. The van der Waals surface area contributed by atoms with Crippen LogP contribution in [0.25, 0.3) is 0 Å². The normalized spacial score (nSPS) is 21.9. The van der Waals surface area contributed by atoms with Crippen LogP contribution in [0.5, 0.6) is 0 Å². The highest BCUT2D eigenvalue weighted by molar-refractivity contribution is 5.87. The predicted molar refractivity (Wildman–Crippen MR) is 41.6 cm³/mol. The Balaban J connectivity index is 2.38. The minimum absolute atomic E-state index is 0.144. The number of carbonyl (C=O) groups is 2. The van der Waals surface area contributed by atoms with Gasteiger partial charge >= 0.3 is 12.0 Å². The molecule has 12 heavy (non-hydrogen) atoms. The lowest BCUT2D eigenvalue weighted by atomic mass is 10.3. The van der Waals surface area contributed by atoms with Crippen LogP contribution in [0.2, 0.25) is 0 Å². The Kier molecular flexibility index (Phi) is 2.52. The van der Waals surface area contributed by atoms with E-state index in [1.807, 2.05) is 0 Å². The van der Waals surface area contributed by atoms with Gasteiger partial charge in [0.1, 0.15) is 6.04 Å². The molecule has 2 amide bonds. The monoisotopic (exact) mass is 172 g/mol. The highest BCUT2D eigenvalue weighted by Gasteiger charge is 2.28. The van der Waals surface area contributed by atoms with Crippen LogP contribution in [0.3, 0.4) is 0 Å². The Labute approximate surface area is 70.5 Å². The van der Waals surface area contributed by atoms with Gasteiger partial charge in [-0.15, -0.1) is 0 Å². The zero-order valence-electron chi connectivity index (χ0n) is 7.09. The number of esters is 1. The third-order valence-electron chi connectivity index (χ3n) is 1.41. The number of amides is 2. The maximum absolute atomic E-state index is 11.1. The van der Waals surface area contributed by atoms with Crippen LogP contribution in [0.15, 0.2) is 0 Å². The van der Waals surface area contributed by atoms with Crippen molar-refractivity contribution < 1.29 is 14.3 Å². The van der Waals surface area contributed by atoms with Crippen LogP contribution in [-0.4, -0.2) is 30.7 Å². The molecular formula is C7H12N2O3. The van der Waals surface area contributed by atoms with Crippen molar-refractivity contribution in [1.82, 2.24) is 10.6 Å². The van der Waals surface area contributed by atoms with E-state index in [1.54, 1.807) is 13.8 Å². The standard InChI is InChI=1S/C7H12N2O3/c1-4(2)12-6(10)5-3-8-7(11)9-5/h4-5H,3H2,1-2H3,(H2,8,9,11). The fourth-order valence-corrected chi connectivity index (χ4v) is 0.912. The number of carbonyl (C=O) groups excluding carboxylic acids is 2. The quantitative estimate of drug-likeness (QED) is 0.558. The van der Waals surface area contributed by atoms with Gasteiger partial charge in [-0.2, -0.15) is 0 Å². The average molecular weight is 172 g/mol. The summed E-state index contributed by atoms with van der Waals surface area (Å²) >= 11 is 0. The van der Waals surface area contributed by atoms with Gasteiger partial charge < -0.3 is 15.4 Å². The summed E-state index contributed by atoms with van der Waals surface area (Å²) in [6.45, 7) is 3.84. The number of nitrogens with one attached hydrogen (secondary N) is 2. The SMILES string of the molecule is CC(C)OC(=O)C1CNC(=O)N1. The van der Waals surface area contributed by atoms with Crippen LogP contribution in [-0.2, 0) is 9.53 Å². The zero-order valence-corrected chi connectivity index (χ0v) is 7.09. The van der Waals surface area contributed by atoms with Crippen molar-refractivity contribution in [2.24, 2.45) is 0 Å². The number of hydrogen-bond acceptors (Lipinski definition) is 3. The van der Waals surface area contributed by atoms with Crippen LogP contribution in [0.4, 0.5) is 4.79 Å². The fraction of sp³-hybridized carbons (Fsp3) is 0.714. The Morgan fingerprint density at radius 3 is 2.75 bits per heavy atom. The molecule has 2 N–H and O–H groups in total. The molecule has 1 saturated heterocycles. The van der Waals surface area contributed by atoms with Gasteiger partial charge in [0.15, 0.2) is 0 Å². The molecule has 1 atom stereocenters. The molecule has 5 heteroatoms. The third kappa shape index (κ3) is 2.11. The molecule has 0 aromatic rings. The summed E-state index contributed by atoms with van der Waals surface area (Å²) in [5.74, 6) is -0.386. The van der Waals surface area contributed by atoms with Crippen molar-refractivity contribution in [1.29, 1.82) is 0 Å². The summed E-state index contributed by atoms with van der Waals surface area (Å²) < 4.78 is 4.89. The number of ether oxygens (including phenoxy) is 1. The smallest absolute Gasteiger partial charge is 0.330 e. The van der Waals surface area contributed by atoms with Crippen molar-refractivity contribution in [3.8, 4) is 0 Å². The van der Waals surface area contributed by atoms with Crippen LogP contribution < -0.4 is 10.6 Å². The number of hydrogen-bond donors (Lipinski definition) is 2. The summed E-state index contributed by atoms with van der Waals surface area (Å²) in [6.07, 6.45) is -0.144. The highest BCUT2D eigenvalue weighted by Crippen LogP contribution is 1.97. The molecule has 1 fully saturated rings. The first kappa shape index (κ1) is 8.83. The van der Waals surface area contributed by atoms with E-state index in [0.29, 0.717) is 6.54 Å². The van der Waals surface area contributed by atoms with Gasteiger partial charge in [0, 0.05) is 0 Å². The van der Waals surface area contributed by atoms with E-state index >= 15 is 0 Å². The van der Waals surface area contributed by atoms with E-state index in [2.05, 4.69) is 10.6 Å². The van der Waals surface area contributed by atoms with Crippen molar-refractivity contribution in [2.45, 2.75) is 26.0 Å². The Bertz CT molecular complexity index is 203. The molecule has 68 valence electrons. The van der Waals surface area contributed by atoms with Crippen molar-refractivity contribution in [3.63, 3.8) is 0 Å². The molecular weight excluding hydrogens is 160 g/mol. The van der Waals surface area contributed by atoms with E-state index in [4.69, 9.17) is 4.74 Å². The average Bonchev–Trinajstić information content (AvgIpc) is 2.34. The van der Waals surface area contributed by atoms with Gasteiger partial charge in [-0.05, 0) is 13.8 Å². The molecule has 0 bridgehead atoms. The topological polar surface area (TPSA) is 67.4 Å². The number of urea groups is 1. The molecule has 0 aromatic heterocycles. The Hall–Kier alpha value is -1.26. The summed E-state index contributed by atoms with van der Waals surface area (Å²) in [5.41, 5.74) is 0. The molecule has 0 saturated carbocycles. The van der Waals surface area contributed by atoms with Gasteiger partial charge in [-0.1, -0.05) is 0 Å². The molecule has 1 aliphatic heterocycles. The molecule has 1 unspecified atom stereocenters. The first-order valence-corrected chi connectivity index (χ1v) is 3.84. The van der Waals surface area contributed by atoms with E-state index in [1.165, 1.54) is 0 Å². The Morgan fingerprint density at radius 1 is 1.67 bits per heavy atom. The van der Waals surface area contributed by atoms with Crippen LogP contribution in [0, 0.1) is 0 Å². The van der Waals surface area contributed by atoms with Gasteiger partial charge in [0.25, 0.3) is 0 Å². The second-order valence-electron chi connectivity index (χ2n) is 2.89. The van der Waals surface area contributed by atoms with Gasteiger partial charge in [0.2, 0.25) is 0 Å². The van der Waals surface area contributed by atoms with Gasteiger partial charge in [0.05, 0.1) is 12.6 Å². The molecule has 1 aliphatic rings. The van der Waals surface area contributed by atoms with E-state index < -0.39 is 6.04 Å². The molecule has 0 aromatic carbocycles. The second kappa shape index (κ2) is 3.42. The lowest BCUT2D eigenvalue weighted by molar-refractivity contribution is -0.149. The summed E-state index contributed by atoms with van der Waals surface area (Å²) in [4.78, 5) is 21.7. The van der Waals surface area contributed by atoms with Crippen molar-refractivity contribution >= 4 is 12.0 Å². The maximum Gasteiger partial charge on any atom is 0.330 e. The minimum atomic E-state index is -0.528. The largest absolute Gasteiger partial charge is 0.461 e. The Morgan fingerprint density at radius 2 is 2.33 bits per heavy atom. The third-order valence-corrected chi connectivity index (χ3v) is 1.41. The van der Waals surface area contributed by atoms with Gasteiger partial charge in [-0.25, -0.2) is 9.59 Å². The van der Waals surface area contributed by atoms with E-state index in [-0.39, 0.29) is 18.1 Å². The van der Waals surface area contributed by atoms with Crippen molar-refractivity contribution in [2.75, 3.05) is 6.54 Å². The molecule has 5 nitrogen and oxygen atoms in total. The van der Waals surface area contributed by atoms with E-state index in [0.717, 1.165) is 0 Å². The maximum atomic E-state index is 11.1. The fourth-order valence-electron chi connectivity index (χ4n) is 0.912. The second-order valence-corrected chi connectivity index (χ2v) is 2.89. The molecule has 0 radical (unpaired) electrons. The summed E-state index contributed by atoms with van der Waals surface area (Å²) in [6, 6.07) is -0.847. The van der Waals surface area contributed by atoms with Crippen LogP contribution >= 0.6 is 0 Å². The van der Waals surface area contributed by atoms with E-state index in [9.17, 15) is 9.59 Å². The summed E-state index contributed by atoms with van der Waals surface area (Å²) in [5, 5.41) is 4.91. The first-order valence-electron chi connectivity index (χ1n) is 3.84. The zero-order chi connectivity index (χ0) is 9.14. The molecule has 1 heterocycles. The lowest BCUT2D eigenvalue weighted by Gasteiger charge is -2.11. The summed E-state index contributed by atoms with van der Waals surface area (Å²) in [7, 11) is 0. The molecule has 0 aliphatic carbocycles.